The summed E-state index contributed by atoms with van der Waals surface area (Å²) in [4.78, 5) is 18.4. The molecule has 1 aromatic heterocycles. The highest BCUT2D eigenvalue weighted by Gasteiger charge is 2.35. The average Bonchev–Trinajstić information content (AvgIpc) is 2.61. The SMILES string of the molecule is CC(C)(O)C(C)(C)O[B]c1ccc(NC(=O)/C=C/CN2CCOCC2)nc1. The summed E-state index contributed by atoms with van der Waals surface area (Å²) in [5.41, 5.74) is -0.989. The van der Waals surface area contributed by atoms with E-state index < -0.39 is 11.2 Å². The first-order valence-electron chi connectivity index (χ1n) is 9.14. The molecule has 2 N–H and O–H groups in total. The summed E-state index contributed by atoms with van der Waals surface area (Å²) in [5.74, 6) is 0.252. The van der Waals surface area contributed by atoms with Crippen LogP contribution >= 0.6 is 0 Å². The Labute approximate surface area is 162 Å². The van der Waals surface area contributed by atoms with Crippen molar-refractivity contribution in [2.24, 2.45) is 0 Å². The second kappa shape index (κ2) is 9.46. The zero-order valence-electron chi connectivity index (χ0n) is 16.6. The fourth-order valence-corrected chi connectivity index (χ4v) is 2.17. The highest BCUT2D eigenvalue weighted by Crippen LogP contribution is 2.24. The van der Waals surface area contributed by atoms with Crippen LogP contribution in [0.3, 0.4) is 0 Å². The fraction of sp³-hybridized carbons (Fsp3) is 0.579. The summed E-state index contributed by atoms with van der Waals surface area (Å²) in [5, 5.41) is 12.8. The highest BCUT2D eigenvalue weighted by atomic mass is 16.5. The number of rotatable bonds is 8. The van der Waals surface area contributed by atoms with Crippen molar-refractivity contribution in [3.63, 3.8) is 0 Å². The summed E-state index contributed by atoms with van der Waals surface area (Å²) in [6.45, 7) is 11.0. The molecular weight excluding hydrogens is 345 g/mol. The van der Waals surface area contributed by atoms with E-state index in [0.717, 1.165) is 38.3 Å². The van der Waals surface area contributed by atoms with E-state index in [1.165, 1.54) is 6.08 Å². The Balaban J connectivity index is 1.78. The molecule has 1 aliphatic heterocycles. The second-order valence-electron chi connectivity index (χ2n) is 7.59. The predicted molar refractivity (Wildman–Crippen MR) is 106 cm³/mol. The lowest BCUT2D eigenvalue weighted by atomic mass is 9.83. The van der Waals surface area contributed by atoms with Gasteiger partial charge in [-0.25, -0.2) is 4.98 Å². The van der Waals surface area contributed by atoms with Gasteiger partial charge >= 0.3 is 7.48 Å². The summed E-state index contributed by atoms with van der Waals surface area (Å²) in [6, 6.07) is 3.50. The van der Waals surface area contributed by atoms with E-state index in [9.17, 15) is 9.90 Å². The molecule has 1 aliphatic rings. The minimum absolute atomic E-state index is 0.216. The normalized spacial score (nSPS) is 16.5. The van der Waals surface area contributed by atoms with Crippen molar-refractivity contribution in [1.29, 1.82) is 0 Å². The number of nitrogens with one attached hydrogen (secondary N) is 1. The first-order valence-corrected chi connectivity index (χ1v) is 9.14. The molecule has 1 aromatic rings. The van der Waals surface area contributed by atoms with Gasteiger partial charge in [-0.3, -0.25) is 9.69 Å². The van der Waals surface area contributed by atoms with Gasteiger partial charge in [-0.1, -0.05) is 12.1 Å². The fourth-order valence-electron chi connectivity index (χ4n) is 2.17. The van der Waals surface area contributed by atoms with Crippen molar-refractivity contribution in [2.45, 2.75) is 38.9 Å². The number of amides is 1. The number of carbonyl (C=O) groups is 1. The average molecular weight is 374 g/mol. The van der Waals surface area contributed by atoms with E-state index in [-0.39, 0.29) is 5.91 Å². The zero-order chi connectivity index (χ0) is 19.9. The van der Waals surface area contributed by atoms with Gasteiger partial charge in [0, 0.05) is 31.9 Å². The largest absolute Gasteiger partial charge is 0.427 e. The number of morpholine rings is 1. The smallest absolute Gasteiger partial charge is 0.332 e. The molecule has 1 fully saturated rings. The number of aliphatic hydroxyl groups is 1. The Morgan fingerprint density at radius 3 is 2.67 bits per heavy atom. The number of aromatic nitrogens is 1. The van der Waals surface area contributed by atoms with E-state index in [2.05, 4.69) is 15.2 Å². The third-order valence-electron chi connectivity index (χ3n) is 4.74. The number of nitrogens with zero attached hydrogens (tertiary/aromatic N) is 2. The quantitative estimate of drug-likeness (QED) is 0.515. The molecule has 27 heavy (non-hydrogen) atoms. The number of ether oxygens (including phenoxy) is 1. The van der Waals surface area contributed by atoms with Gasteiger partial charge in [0.05, 0.1) is 24.4 Å². The van der Waals surface area contributed by atoms with Crippen LogP contribution in [0.4, 0.5) is 5.82 Å². The molecule has 2 rings (SSSR count). The first-order chi connectivity index (χ1) is 12.7. The summed E-state index contributed by atoms with van der Waals surface area (Å²) < 4.78 is 11.0. The number of carbonyl (C=O) groups excluding carboxylic acids is 1. The van der Waals surface area contributed by atoms with Crippen molar-refractivity contribution >= 4 is 24.7 Å². The standard InChI is InChI=1S/C19H29BN3O4/c1-18(2,25)19(3,4)27-20-15-7-8-16(21-14-15)22-17(24)6-5-9-23-10-12-26-13-11-23/h5-8,14,25H,9-13H2,1-4H3,(H,21,22,24)/b6-5+. The molecule has 0 aliphatic carbocycles. The molecule has 1 amide bonds. The Morgan fingerprint density at radius 1 is 1.37 bits per heavy atom. The van der Waals surface area contributed by atoms with Crippen LogP contribution in [0.5, 0.6) is 0 Å². The van der Waals surface area contributed by atoms with Gasteiger partial charge in [0.1, 0.15) is 5.82 Å². The summed E-state index contributed by atoms with van der Waals surface area (Å²) >= 11 is 0. The van der Waals surface area contributed by atoms with Gasteiger partial charge in [-0.05, 0) is 39.2 Å². The van der Waals surface area contributed by atoms with Gasteiger partial charge in [0.2, 0.25) is 5.91 Å². The number of hydrogen-bond donors (Lipinski definition) is 2. The van der Waals surface area contributed by atoms with Crippen LogP contribution in [0.1, 0.15) is 27.7 Å². The van der Waals surface area contributed by atoms with Crippen molar-refractivity contribution in [3.05, 3.63) is 30.5 Å². The van der Waals surface area contributed by atoms with Crippen LogP contribution in [0.2, 0.25) is 0 Å². The van der Waals surface area contributed by atoms with Gasteiger partial charge in [0.25, 0.3) is 0 Å². The molecule has 0 saturated carbocycles. The molecule has 0 spiro atoms. The van der Waals surface area contributed by atoms with Crippen LogP contribution in [0.25, 0.3) is 0 Å². The van der Waals surface area contributed by atoms with E-state index in [4.69, 9.17) is 9.39 Å². The van der Waals surface area contributed by atoms with E-state index in [1.807, 2.05) is 19.9 Å². The van der Waals surface area contributed by atoms with E-state index in [0.29, 0.717) is 5.82 Å². The molecule has 0 unspecified atom stereocenters. The highest BCUT2D eigenvalue weighted by molar-refractivity contribution is 6.46. The van der Waals surface area contributed by atoms with E-state index >= 15 is 0 Å². The monoisotopic (exact) mass is 374 g/mol. The Hall–Kier alpha value is -1.74. The molecule has 147 valence electrons. The topological polar surface area (TPSA) is 83.9 Å². The number of hydrogen-bond acceptors (Lipinski definition) is 6. The minimum atomic E-state index is -0.988. The van der Waals surface area contributed by atoms with E-state index in [1.54, 1.807) is 39.7 Å². The molecule has 1 saturated heterocycles. The molecule has 2 heterocycles. The number of anilines is 1. The van der Waals surface area contributed by atoms with Crippen LogP contribution < -0.4 is 10.8 Å². The Morgan fingerprint density at radius 2 is 2.07 bits per heavy atom. The van der Waals surface area contributed by atoms with Gasteiger partial charge in [-0.15, -0.1) is 0 Å². The molecule has 0 aromatic carbocycles. The Bertz CT molecular complexity index is 635. The van der Waals surface area contributed by atoms with Crippen LogP contribution in [-0.2, 0) is 14.2 Å². The zero-order valence-corrected chi connectivity index (χ0v) is 16.6. The summed E-state index contributed by atoms with van der Waals surface area (Å²) in [6.07, 6.45) is 4.97. The predicted octanol–water partition coefficient (Wildman–Crippen LogP) is 0.719. The minimum Gasteiger partial charge on any atom is -0.427 e. The van der Waals surface area contributed by atoms with Crippen molar-refractivity contribution in [3.8, 4) is 0 Å². The summed E-state index contributed by atoms with van der Waals surface area (Å²) in [7, 11) is 1.55. The lowest BCUT2D eigenvalue weighted by molar-refractivity contribution is -0.111. The molecule has 1 radical (unpaired) electrons. The molecule has 0 bridgehead atoms. The maximum atomic E-state index is 12.0. The van der Waals surface area contributed by atoms with Crippen LogP contribution in [0.15, 0.2) is 30.5 Å². The van der Waals surface area contributed by atoms with Crippen LogP contribution in [-0.4, -0.2) is 72.4 Å². The van der Waals surface area contributed by atoms with Crippen molar-refractivity contribution in [1.82, 2.24) is 9.88 Å². The lowest BCUT2D eigenvalue weighted by Crippen LogP contribution is -2.49. The first kappa shape index (κ1) is 21.6. The van der Waals surface area contributed by atoms with Crippen LogP contribution in [0, 0.1) is 0 Å². The third-order valence-corrected chi connectivity index (χ3v) is 4.74. The van der Waals surface area contributed by atoms with Crippen molar-refractivity contribution < 1.29 is 19.3 Å². The molecule has 0 atom stereocenters. The molecular formula is C19H29BN3O4. The van der Waals surface area contributed by atoms with Gasteiger partial charge < -0.3 is 19.8 Å². The number of pyridine rings is 1. The molecule has 8 heteroatoms. The lowest BCUT2D eigenvalue weighted by Gasteiger charge is -2.37. The van der Waals surface area contributed by atoms with Gasteiger partial charge in [0.15, 0.2) is 0 Å². The van der Waals surface area contributed by atoms with Crippen molar-refractivity contribution in [2.75, 3.05) is 38.2 Å². The van der Waals surface area contributed by atoms with Gasteiger partial charge in [-0.2, -0.15) is 0 Å². The molecule has 7 nitrogen and oxygen atoms in total. The maximum absolute atomic E-state index is 12.0. The maximum Gasteiger partial charge on any atom is 0.332 e. The Kier molecular flexibility index (Phi) is 7.55. The third kappa shape index (κ3) is 7.06. The second-order valence-corrected chi connectivity index (χ2v) is 7.59.